The topological polar surface area (TPSA) is 82.8 Å². The monoisotopic (exact) mass is 320 g/mol. The van der Waals surface area contributed by atoms with Crippen LogP contribution in [-0.2, 0) is 4.79 Å². The van der Waals surface area contributed by atoms with Gasteiger partial charge in [0.2, 0.25) is 5.91 Å². The molecule has 2 heterocycles. The summed E-state index contributed by atoms with van der Waals surface area (Å²) in [6.07, 6.45) is 7.28. The molecule has 1 aromatic heterocycles. The summed E-state index contributed by atoms with van der Waals surface area (Å²) in [7, 11) is 1.76. The Labute approximate surface area is 134 Å². The number of halogens is 1. The summed E-state index contributed by atoms with van der Waals surface area (Å²) in [6, 6.07) is 3.34. The highest BCUT2D eigenvalue weighted by Crippen LogP contribution is 2.35. The molecule has 0 aliphatic carbocycles. The molecule has 0 atom stereocenters. The number of anilines is 1. The molecular weight excluding hydrogens is 304 g/mol. The molecule has 0 saturated heterocycles. The van der Waals surface area contributed by atoms with Gasteiger partial charge in [-0.05, 0) is 12.1 Å². The molecule has 0 aromatic carbocycles. The Hall–Kier alpha value is -2.20. The summed E-state index contributed by atoms with van der Waals surface area (Å²) in [5.41, 5.74) is -0.368. The molecule has 116 valence electrons. The van der Waals surface area contributed by atoms with Crippen LogP contribution in [0.15, 0.2) is 22.4 Å². The van der Waals surface area contributed by atoms with E-state index in [1.54, 1.807) is 24.1 Å². The van der Waals surface area contributed by atoms with Crippen LogP contribution in [0.1, 0.15) is 19.3 Å². The van der Waals surface area contributed by atoms with Gasteiger partial charge in [-0.3, -0.25) is 4.79 Å². The zero-order chi connectivity index (χ0) is 16.0. The maximum atomic E-state index is 11.9. The summed E-state index contributed by atoms with van der Waals surface area (Å²) in [5, 5.41) is 18.8. The van der Waals surface area contributed by atoms with E-state index in [1.165, 1.54) is 0 Å². The summed E-state index contributed by atoms with van der Waals surface area (Å²) >= 11 is 5.67. The van der Waals surface area contributed by atoms with E-state index < -0.39 is 0 Å². The lowest BCUT2D eigenvalue weighted by atomic mass is 10.0. The molecule has 22 heavy (non-hydrogen) atoms. The van der Waals surface area contributed by atoms with Crippen molar-refractivity contribution >= 4 is 23.3 Å². The van der Waals surface area contributed by atoms with Crippen molar-refractivity contribution in [1.29, 1.82) is 0 Å². The van der Waals surface area contributed by atoms with Crippen LogP contribution in [0.3, 0.4) is 0 Å². The Bertz CT molecular complexity index is 588. The third-order valence-electron chi connectivity index (χ3n) is 3.29. The number of carbonyl (C=O) groups excluding carboxylic acids is 1. The van der Waals surface area contributed by atoms with Crippen LogP contribution in [-0.4, -0.2) is 41.9 Å². The molecule has 0 fully saturated rings. The van der Waals surface area contributed by atoms with Crippen LogP contribution in [0.4, 0.5) is 5.82 Å². The van der Waals surface area contributed by atoms with E-state index in [2.05, 4.69) is 31.7 Å². The largest absolute Gasteiger partial charge is 0.354 e. The van der Waals surface area contributed by atoms with Gasteiger partial charge in [0.1, 0.15) is 0 Å². The van der Waals surface area contributed by atoms with Gasteiger partial charge in [-0.15, -0.1) is 22.5 Å². The smallest absolute Gasteiger partial charge is 0.239 e. The van der Waals surface area contributed by atoms with Gasteiger partial charge in [-0.1, -0.05) is 11.6 Å². The van der Waals surface area contributed by atoms with Crippen LogP contribution >= 0.6 is 11.6 Å². The minimum absolute atomic E-state index is 0.105. The second kappa shape index (κ2) is 7.18. The first-order valence-electron chi connectivity index (χ1n) is 6.89. The standard InChI is InChI=1S/C14H17ClN6O/c1-3-4-7-14(19-20-14)8-9-16-13(22)10-21(2)12-6-5-11(15)17-18-12/h1,5-6H,4,7-10H2,2H3,(H,16,22). The first-order chi connectivity index (χ1) is 10.5. The first kappa shape index (κ1) is 16.2. The average Bonchev–Trinajstić information content (AvgIpc) is 3.26. The number of aromatic nitrogens is 2. The van der Waals surface area contributed by atoms with Crippen molar-refractivity contribution in [2.24, 2.45) is 10.2 Å². The van der Waals surface area contributed by atoms with Crippen molar-refractivity contribution in [2.75, 3.05) is 25.0 Å². The Morgan fingerprint density at radius 1 is 1.41 bits per heavy atom. The Morgan fingerprint density at radius 3 is 2.77 bits per heavy atom. The molecule has 7 nitrogen and oxygen atoms in total. The third kappa shape index (κ3) is 4.67. The third-order valence-corrected chi connectivity index (χ3v) is 3.49. The highest BCUT2D eigenvalue weighted by Gasteiger charge is 2.38. The van der Waals surface area contributed by atoms with E-state index in [9.17, 15) is 4.79 Å². The normalized spacial score (nSPS) is 14.2. The fourth-order valence-electron chi connectivity index (χ4n) is 1.94. The lowest BCUT2D eigenvalue weighted by Gasteiger charge is -2.17. The van der Waals surface area contributed by atoms with Gasteiger partial charge in [0, 0.05) is 32.9 Å². The van der Waals surface area contributed by atoms with Crippen molar-refractivity contribution in [3.05, 3.63) is 17.3 Å². The van der Waals surface area contributed by atoms with Crippen LogP contribution in [0.25, 0.3) is 0 Å². The second-order valence-corrected chi connectivity index (χ2v) is 5.44. The zero-order valence-corrected chi connectivity index (χ0v) is 13.0. The van der Waals surface area contributed by atoms with Crippen molar-refractivity contribution < 1.29 is 4.79 Å². The highest BCUT2D eigenvalue weighted by molar-refractivity contribution is 6.29. The molecule has 1 amide bonds. The molecular formula is C14H17ClN6O. The number of hydrogen-bond acceptors (Lipinski definition) is 6. The van der Waals surface area contributed by atoms with Crippen molar-refractivity contribution in [3.63, 3.8) is 0 Å². The van der Waals surface area contributed by atoms with Gasteiger partial charge < -0.3 is 10.2 Å². The van der Waals surface area contributed by atoms with Gasteiger partial charge in [0.05, 0.1) is 6.54 Å². The van der Waals surface area contributed by atoms with E-state index in [0.29, 0.717) is 30.4 Å². The van der Waals surface area contributed by atoms with E-state index in [0.717, 1.165) is 6.42 Å². The molecule has 0 radical (unpaired) electrons. The quantitative estimate of drug-likeness (QED) is 0.738. The number of nitrogens with zero attached hydrogens (tertiary/aromatic N) is 5. The number of amides is 1. The second-order valence-electron chi connectivity index (χ2n) is 5.06. The van der Waals surface area contributed by atoms with Crippen LogP contribution < -0.4 is 10.2 Å². The van der Waals surface area contributed by atoms with E-state index in [4.69, 9.17) is 18.0 Å². The molecule has 0 bridgehead atoms. The average molecular weight is 321 g/mol. The molecule has 8 heteroatoms. The summed E-state index contributed by atoms with van der Waals surface area (Å²) in [4.78, 5) is 13.6. The molecule has 0 spiro atoms. The minimum atomic E-state index is -0.368. The van der Waals surface area contributed by atoms with Gasteiger partial charge in [0.25, 0.3) is 0 Å². The maximum Gasteiger partial charge on any atom is 0.239 e. The molecule has 1 N–H and O–H groups in total. The van der Waals surface area contributed by atoms with Gasteiger partial charge in [0.15, 0.2) is 16.6 Å². The fraction of sp³-hybridized carbons (Fsp3) is 0.500. The molecule has 1 aliphatic heterocycles. The fourth-order valence-corrected chi connectivity index (χ4v) is 2.04. The first-order valence-corrected chi connectivity index (χ1v) is 7.27. The van der Waals surface area contributed by atoms with Gasteiger partial charge in [-0.25, -0.2) is 0 Å². The Morgan fingerprint density at radius 2 is 2.18 bits per heavy atom. The lowest BCUT2D eigenvalue weighted by Crippen LogP contribution is -2.37. The molecule has 0 unspecified atom stereocenters. The maximum absolute atomic E-state index is 11.9. The zero-order valence-electron chi connectivity index (χ0n) is 12.3. The molecule has 1 aromatic rings. The van der Waals surface area contributed by atoms with Crippen molar-refractivity contribution in [3.8, 4) is 12.3 Å². The van der Waals surface area contributed by atoms with Gasteiger partial charge >= 0.3 is 0 Å². The Kier molecular flexibility index (Phi) is 5.28. The van der Waals surface area contributed by atoms with Crippen LogP contribution in [0.2, 0.25) is 5.15 Å². The summed E-state index contributed by atoms with van der Waals surface area (Å²) in [6.45, 7) is 0.693. The Balaban J connectivity index is 1.70. The van der Waals surface area contributed by atoms with Gasteiger partial charge in [-0.2, -0.15) is 10.2 Å². The van der Waals surface area contributed by atoms with E-state index in [-0.39, 0.29) is 18.1 Å². The predicted molar refractivity (Wildman–Crippen MR) is 83.6 cm³/mol. The van der Waals surface area contributed by atoms with E-state index in [1.807, 2.05) is 0 Å². The number of terminal acetylenes is 1. The lowest BCUT2D eigenvalue weighted by molar-refractivity contribution is -0.119. The molecule has 1 aliphatic rings. The van der Waals surface area contributed by atoms with Crippen LogP contribution in [0.5, 0.6) is 0 Å². The van der Waals surface area contributed by atoms with Crippen molar-refractivity contribution in [1.82, 2.24) is 15.5 Å². The predicted octanol–water partition coefficient (Wildman–Crippen LogP) is 1.65. The molecule has 0 saturated carbocycles. The number of rotatable bonds is 8. The number of likely N-dealkylation sites (N-methyl/N-ethyl adjacent to an activating group) is 1. The number of carbonyl (C=O) groups is 1. The van der Waals surface area contributed by atoms with E-state index >= 15 is 0 Å². The minimum Gasteiger partial charge on any atom is -0.354 e. The summed E-state index contributed by atoms with van der Waals surface area (Å²) in [5.74, 6) is 3.05. The molecule has 2 rings (SSSR count). The van der Waals surface area contributed by atoms with Crippen molar-refractivity contribution in [2.45, 2.75) is 24.9 Å². The summed E-state index contributed by atoms with van der Waals surface area (Å²) < 4.78 is 0. The van der Waals surface area contributed by atoms with Crippen LogP contribution in [0, 0.1) is 12.3 Å². The SMILES string of the molecule is C#CCCC1(CCNC(=O)CN(C)c2ccc(Cl)nn2)N=N1. The number of nitrogens with one attached hydrogen (secondary N) is 1. The number of hydrogen-bond donors (Lipinski definition) is 1. The highest BCUT2D eigenvalue weighted by atomic mass is 35.5.